The van der Waals surface area contributed by atoms with Gasteiger partial charge < -0.3 is 25.1 Å². The van der Waals surface area contributed by atoms with Gasteiger partial charge in [0.1, 0.15) is 10.8 Å². The second-order valence-corrected chi connectivity index (χ2v) is 10.1. The lowest BCUT2D eigenvalue weighted by molar-refractivity contribution is -0.113. The first-order chi connectivity index (χ1) is 16.7. The molecule has 1 unspecified atom stereocenters. The molecule has 186 valence electrons. The van der Waals surface area contributed by atoms with Crippen LogP contribution in [0.4, 0.5) is 5.00 Å². The van der Waals surface area contributed by atoms with Crippen LogP contribution in [0, 0.1) is 6.92 Å². The lowest BCUT2D eigenvalue weighted by atomic mass is 10.1. The second kappa shape index (κ2) is 11.7. The molecule has 0 fully saturated rings. The Morgan fingerprint density at radius 3 is 2.54 bits per heavy atom. The molecule has 0 radical (unpaired) electrons. The topological polar surface area (TPSA) is 138 Å². The Hall–Kier alpha value is -2.90. The number of halogens is 1. The van der Waals surface area contributed by atoms with Gasteiger partial charge in [0.15, 0.2) is 17.1 Å². The number of nitrogens with one attached hydrogen (secondary N) is 1. The van der Waals surface area contributed by atoms with E-state index in [2.05, 4.69) is 31.4 Å². The second-order valence-electron chi connectivity index (χ2n) is 7.25. The average molecular weight is 583 g/mol. The van der Waals surface area contributed by atoms with Crippen LogP contribution in [0.1, 0.15) is 51.4 Å². The van der Waals surface area contributed by atoms with Crippen LogP contribution in [-0.2, 0) is 16.1 Å². The zero-order valence-corrected chi connectivity index (χ0v) is 22.7. The number of ether oxygens (including phenoxy) is 2. The summed E-state index contributed by atoms with van der Waals surface area (Å²) in [6.07, 6.45) is -0.365. The Balaban J connectivity index is 1.70. The number of benzene rings is 1. The molecule has 0 saturated heterocycles. The summed E-state index contributed by atoms with van der Waals surface area (Å²) in [7, 11) is 1.22. The van der Waals surface area contributed by atoms with E-state index in [4.69, 9.17) is 15.2 Å². The molecule has 3 rings (SSSR count). The molecule has 0 bridgehead atoms. The Kier molecular flexibility index (Phi) is 8.92. The Morgan fingerprint density at radius 1 is 1.26 bits per heavy atom. The third-order valence-corrected chi connectivity index (χ3v) is 7.61. The van der Waals surface area contributed by atoms with E-state index in [1.165, 1.54) is 18.9 Å². The maximum absolute atomic E-state index is 12.7. The highest BCUT2D eigenvalue weighted by molar-refractivity contribution is 9.10. The Bertz CT molecular complexity index is 1240. The zero-order valence-electron chi connectivity index (χ0n) is 19.5. The molecule has 0 aliphatic carbocycles. The van der Waals surface area contributed by atoms with Gasteiger partial charge in [0.05, 0.1) is 23.3 Å². The van der Waals surface area contributed by atoms with Crippen molar-refractivity contribution in [3.63, 3.8) is 0 Å². The van der Waals surface area contributed by atoms with Crippen molar-refractivity contribution in [1.82, 2.24) is 14.8 Å². The minimum absolute atomic E-state index is 0.00352. The number of hydrogen-bond acceptors (Lipinski definition) is 9. The quantitative estimate of drug-likeness (QED) is 0.268. The van der Waals surface area contributed by atoms with E-state index in [-0.39, 0.29) is 33.2 Å². The fourth-order valence-electron chi connectivity index (χ4n) is 3.25. The molecule has 0 saturated carbocycles. The lowest BCUT2D eigenvalue weighted by Crippen LogP contribution is -2.17. The van der Waals surface area contributed by atoms with Gasteiger partial charge in [-0.05, 0) is 50.6 Å². The maximum Gasteiger partial charge on any atom is 0.341 e. The number of nitrogens with two attached hydrogens (primary N) is 1. The van der Waals surface area contributed by atoms with Gasteiger partial charge >= 0.3 is 5.97 Å². The number of carbonyl (C=O) groups excluding carboxylic acids is 3. The molecule has 3 N–H and O–H groups in total. The van der Waals surface area contributed by atoms with Crippen molar-refractivity contribution >= 4 is 61.8 Å². The molecule has 3 aromatic rings. The highest BCUT2D eigenvalue weighted by Gasteiger charge is 2.26. The van der Waals surface area contributed by atoms with Gasteiger partial charge in [-0.2, -0.15) is 0 Å². The molecule has 35 heavy (non-hydrogen) atoms. The van der Waals surface area contributed by atoms with E-state index in [0.29, 0.717) is 28.8 Å². The maximum atomic E-state index is 12.7. The van der Waals surface area contributed by atoms with Crippen molar-refractivity contribution in [3.8, 4) is 5.75 Å². The van der Waals surface area contributed by atoms with Gasteiger partial charge in [-0.1, -0.05) is 27.7 Å². The summed E-state index contributed by atoms with van der Waals surface area (Å²) in [5, 5.41) is 11.9. The van der Waals surface area contributed by atoms with E-state index >= 15 is 0 Å². The zero-order chi connectivity index (χ0) is 25.7. The van der Waals surface area contributed by atoms with Crippen molar-refractivity contribution in [3.05, 3.63) is 50.6 Å². The molecule has 2 aromatic heterocycles. The van der Waals surface area contributed by atoms with Crippen LogP contribution in [0.3, 0.4) is 0 Å². The number of anilines is 1. The highest BCUT2D eigenvalue weighted by atomic mass is 79.9. The van der Waals surface area contributed by atoms with Crippen LogP contribution in [0.5, 0.6) is 5.75 Å². The summed E-state index contributed by atoms with van der Waals surface area (Å²) >= 11 is 5.53. The van der Waals surface area contributed by atoms with E-state index in [1.807, 2.05) is 42.7 Å². The van der Waals surface area contributed by atoms with Gasteiger partial charge in [-0.3, -0.25) is 9.59 Å². The number of hydrogen-bond donors (Lipinski definition) is 2. The molecule has 10 nitrogen and oxygen atoms in total. The van der Waals surface area contributed by atoms with E-state index in [9.17, 15) is 14.4 Å². The number of nitrogens with zero attached hydrogens (tertiary/aromatic N) is 3. The number of amides is 2. The standard InChI is InChI=1S/C22H24BrN5O5S2/c1-5-28-19(12(3)33-14-8-6-13(23)7-9-14)26-27-22(28)34-10-15(29)25-20-16(21(31)32-4)11(2)17(35-20)18(24)30/h6-9,12H,5,10H2,1-4H3,(H2,24,30)(H,25,29). The first kappa shape index (κ1) is 26.7. The number of primary amides is 1. The van der Waals surface area contributed by atoms with Crippen molar-refractivity contribution in [2.75, 3.05) is 18.2 Å². The summed E-state index contributed by atoms with van der Waals surface area (Å²) in [6, 6.07) is 7.48. The SMILES string of the molecule is CCn1c(SCC(=O)Nc2sc(C(N)=O)c(C)c2C(=O)OC)nnc1C(C)Oc1ccc(Br)cc1. The molecule has 13 heteroatoms. The van der Waals surface area contributed by atoms with Crippen LogP contribution in [-0.4, -0.2) is 45.4 Å². The smallest absolute Gasteiger partial charge is 0.341 e. The van der Waals surface area contributed by atoms with E-state index in [0.717, 1.165) is 15.8 Å². The number of methoxy groups -OCH3 is 1. The van der Waals surface area contributed by atoms with Crippen molar-refractivity contribution in [1.29, 1.82) is 0 Å². The molecule has 0 aliphatic rings. The first-order valence-electron chi connectivity index (χ1n) is 10.5. The van der Waals surface area contributed by atoms with Crippen LogP contribution in [0.15, 0.2) is 33.9 Å². The van der Waals surface area contributed by atoms with Crippen molar-refractivity contribution in [2.24, 2.45) is 5.73 Å². The summed E-state index contributed by atoms with van der Waals surface area (Å²) in [4.78, 5) is 36.7. The molecule has 2 amide bonds. The predicted octanol–water partition coefficient (Wildman–Crippen LogP) is 4.19. The average Bonchev–Trinajstić information content (AvgIpc) is 3.39. The van der Waals surface area contributed by atoms with E-state index < -0.39 is 11.9 Å². The van der Waals surface area contributed by atoms with Crippen LogP contribution < -0.4 is 15.8 Å². The number of thiophene rings is 1. The summed E-state index contributed by atoms with van der Waals surface area (Å²) in [5.41, 5.74) is 5.87. The fraction of sp³-hybridized carbons (Fsp3) is 0.318. The fourth-order valence-corrected chi connectivity index (χ4v) is 5.39. The third-order valence-electron chi connectivity index (χ3n) is 4.90. The molecule has 1 aromatic carbocycles. The summed E-state index contributed by atoms with van der Waals surface area (Å²) in [5.74, 6) is -0.401. The molecular formula is C22H24BrN5O5S2. The third kappa shape index (κ3) is 6.21. The minimum Gasteiger partial charge on any atom is -0.483 e. The molecule has 2 heterocycles. The summed E-state index contributed by atoms with van der Waals surface area (Å²) < 4.78 is 13.6. The molecular weight excluding hydrogens is 558 g/mol. The number of esters is 1. The Morgan fingerprint density at radius 2 is 1.94 bits per heavy atom. The minimum atomic E-state index is -0.685. The van der Waals surface area contributed by atoms with Gasteiger partial charge in [0.25, 0.3) is 5.91 Å². The molecule has 0 aliphatic heterocycles. The van der Waals surface area contributed by atoms with Crippen LogP contribution >= 0.6 is 39.0 Å². The van der Waals surface area contributed by atoms with Crippen LogP contribution in [0.2, 0.25) is 0 Å². The monoisotopic (exact) mass is 581 g/mol. The molecule has 0 spiro atoms. The number of aromatic nitrogens is 3. The van der Waals surface area contributed by atoms with Gasteiger partial charge in [0.2, 0.25) is 5.91 Å². The van der Waals surface area contributed by atoms with Crippen molar-refractivity contribution < 1.29 is 23.9 Å². The molecule has 1 atom stereocenters. The van der Waals surface area contributed by atoms with Crippen molar-refractivity contribution in [2.45, 2.75) is 38.6 Å². The summed E-state index contributed by atoms with van der Waals surface area (Å²) in [6.45, 7) is 5.99. The van der Waals surface area contributed by atoms with Crippen LogP contribution in [0.25, 0.3) is 0 Å². The lowest BCUT2D eigenvalue weighted by Gasteiger charge is -2.15. The normalized spacial score (nSPS) is 11.7. The number of carbonyl (C=O) groups is 3. The van der Waals surface area contributed by atoms with Gasteiger partial charge in [-0.25, -0.2) is 4.79 Å². The first-order valence-corrected chi connectivity index (χ1v) is 13.0. The number of thioether (sulfide) groups is 1. The largest absolute Gasteiger partial charge is 0.483 e. The predicted molar refractivity (Wildman–Crippen MR) is 137 cm³/mol. The van der Waals surface area contributed by atoms with E-state index in [1.54, 1.807) is 6.92 Å². The van der Waals surface area contributed by atoms with Gasteiger partial charge in [0, 0.05) is 11.0 Å². The van der Waals surface area contributed by atoms with Gasteiger partial charge in [-0.15, -0.1) is 21.5 Å². The highest BCUT2D eigenvalue weighted by Crippen LogP contribution is 2.34. The Labute approximate surface area is 218 Å². The number of rotatable bonds is 10.